The summed E-state index contributed by atoms with van der Waals surface area (Å²) in [6, 6.07) is 16.4. The predicted molar refractivity (Wildman–Crippen MR) is 165 cm³/mol. The average molecular weight is 642 g/mol. The van der Waals surface area contributed by atoms with E-state index in [9.17, 15) is 14.4 Å². The molecule has 3 aromatic rings. The first-order valence-electron chi connectivity index (χ1n) is 13.4. The van der Waals surface area contributed by atoms with Crippen LogP contribution in [0.1, 0.15) is 36.6 Å². The lowest BCUT2D eigenvalue weighted by molar-refractivity contribution is -0.139. The number of urea groups is 1. The molecule has 1 aliphatic heterocycles. The van der Waals surface area contributed by atoms with Gasteiger partial charge in [-0.2, -0.15) is 5.10 Å². The highest BCUT2D eigenvalue weighted by atomic mass is 35.5. The third-order valence-electron chi connectivity index (χ3n) is 6.29. The van der Waals surface area contributed by atoms with Crippen molar-refractivity contribution in [3.63, 3.8) is 0 Å². The van der Waals surface area contributed by atoms with Crippen molar-refractivity contribution in [3.05, 3.63) is 98.7 Å². The van der Waals surface area contributed by atoms with Gasteiger partial charge in [-0.05, 0) is 54.8 Å². The zero-order valence-corrected chi connectivity index (χ0v) is 25.6. The lowest BCUT2D eigenvalue weighted by Gasteiger charge is -2.28. The van der Waals surface area contributed by atoms with Crippen molar-refractivity contribution in [3.8, 4) is 17.2 Å². The van der Waals surface area contributed by atoms with Crippen molar-refractivity contribution in [2.75, 3.05) is 20.3 Å². The first-order chi connectivity index (χ1) is 21.2. The van der Waals surface area contributed by atoms with E-state index in [1.54, 1.807) is 44.2 Å². The Morgan fingerprint density at radius 1 is 1.02 bits per heavy atom. The summed E-state index contributed by atoms with van der Waals surface area (Å²) >= 11 is 12.7. The quantitative estimate of drug-likeness (QED) is 0.139. The molecule has 44 heavy (non-hydrogen) atoms. The number of halogens is 2. The number of hydrogen-bond acceptors (Lipinski definition) is 8. The number of carbonyl (C=O) groups is 3. The number of rotatable bonds is 12. The first kappa shape index (κ1) is 32.2. The Bertz CT molecular complexity index is 1570. The van der Waals surface area contributed by atoms with Gasteiger partial charge in [0.05, 0.1) is 41.6 Å². The average Bonchev–Trinajstić information content (AvgIpc) is 2.99. The summed E-state index contributed by atoms with van der Waals surface area (Å²) in [5.41, 5.74) is 5.08. The normalized spacial score (nSPS) is 14.5. The maximum Gasteiger partial charge on any atom is 0.338 e. The summed E-state index contributed by atoms with van der Waals surface area (Å²) in [6.45, 7) is 3.42. The Labute approximate surface area is 264 Å². The molecule has 4 rings (SSSR count). The number of carbonyl (C=O) groups excluding carboxylic acids is 3. The fraction of sp³-hybridized carbons (Fsp3) is 0.226. The predicted octanol–water partition coefficient (Wildman–Crippen LogP) is 5.30. The maximum absolute atomic E-state index is 12.6. The summed E-state index contributed by atoms with van der Waals surface area (Å²) < 4.78 is 22.0. The van der Waals surface area contributed by atoms with Gasteiger partial charge in [0.2, 0.25) is 0 Å². The van der Waals surface area contributed by atoms with Crippen LogP contribution in [0.5, 0.6) is 17.2 Å². The molecule has 0 saturated carbocycles. The van der Waals surface area contributed by atoms with Gasteiger partial charge in [-0.1, -0.05) is 59.6 Å². The molecule has 0 aromatic heterocycles. The van der Waals surface area contributed by atoms with Crippen LogP contribution in [-0.4, -0.2) is 44.4 Å². The van der Waals surface area contributed by atoms with Crippen LogP contribution < -0.4 is 30.3 Å². The molecule has 0 fully saturated rings. The van der Waals surface area contributed by atoms with Gasteiger partial charge < -0.3 is 29.6 Å². The molecule has 0 saturated heterocycles. The van der Waals surface area contributed by atoms with Crippen LogP contribution in [0.25, 0.3) is 0 Å². The van der Waals surface area contributed by atoms with Crippen LogP contribution in [0.4, 0.5) is 4.79 Å². The van der Waals surface area contributed by atoms with Crippen LogP contribution in [0, 0.1) is 0 Å². The molecule has 13 heteroatoms. The first-order valence-corrected chi connectivity index (χ1v) is 14.2. The number of amides is 3. The number of hydrazone groups is 1. The highest BCUT2D eigenvalue weighted by Crippen LogP contribution is 2.35. The molecule has 3 N–H and O–H groups in total. The topological polar surface area (TPSA) is 137 Å². The largest absolute Gasteiger partial charge is 0.493 e. The minimum atomic E-state index is -0.783. The number of esters is 1. The number of benzene rings is 3. The van der Waals surface area contributed by atoms with E-state index in [1.165, 1.54) is 13.3 Å². The number of ether oxygens (including phenoxy) is 4. The lowest BCUT2D eigenvalue weighted by Crippen LogP contribution is -2.45. The van der Waals surface area contributed by atoms with Gasteiger partial charge in [-0.25, -0.2) is 15.0 Å². The highest BCUT2D eigenvalue weighted by molar-refractivity contribution is 6.37. The van der Waals surface area contributed by atoms with E-state index in [1.807, 2.05) is 30.3 Å². The molecule has 230 valence electrons. The lowest BCUT2D eigenvalue weighted by atomic mass is 9.95. The number of nitrogens with one attached hydrogen (secondary N) is 3. The van der Waals surface area contributed by atoms with Gasteiger partial charge in [-0.15, -0.1) is 0 Å². The van der Waals surface area contributed by atoms with E-state index in [2.05, 4.69) is 21.2 Å². The van der Waals surface area contributed by atoms with Crippen molar-refractivity contribution in [1.82, 2.24) is 16.1 Å². The Morgan fingerprint density at radius 3 is 2.43 bits per heavy atom. The Hall–Kier alpha value is -4.74. The second kappa shape index (κ2) is 15.1. The summed E-state index contributed by atoms with van der Waals surface area (Å²) in [7, 11) is 1.43. The second-order valence-corrected chi connectivity index (χ2v) is 10.2. The third kappa shape index (κ3) is 8.21. The van der Waals surface area contributed by atoms with Crippen molar-refractivity contribution in [2.45, 2.75) is 26.5 Å². The zero-order chi connectivity index (χ0) is 31.6. The standard InChI is InChI=1S/C31H30Cl2N4O7/c1-4-42-30(39)27-18(2)35-31(40)36-28(27)21-10-11-24(25(14-21)41-3)43-17-26(38)37-34-15-20-12-22(32)29(23(33)13-20)44-16-19-8-6-5-7-9-19/h5-15,28H,4,16-17H2,1-3H3,(H,37,38)(H2,35,36,40)/b34-15-/t28-/m1/s1. The van der Waals surface area contributed by atoms with Crippen molar-refractivity contribution in [2.24, 2.45) is 5.10 Å². The van der Waals surface area contributed by atoms with E-state index < -0.39 is 23.9 Å². The smallest absolute Gasteiger partial charge is 0.338 e. The molecule has 3 amide bonds. The summed E-state index contributed by atoms with van der Waals surface area (Å²) in [6.07, 6.45) is 1.38. The molecule has 0 unspecified atom stereocenters. The van der Waals surface area contributed by atoms with E-state index in [4.69, 9.17) is 42.1 Å². The summed E-state index contributed by atoms with van der Waals surface area (Å²) in [5, 5.41) is 9.84. The number of allylic oxidation sites excluding steroid dienone is 1. The fourth-order valence-corrected chi connectivity index (χ4v) is 4.90. The van der Waals surface area contributed by atoms with Gasteiger partial charge in [-0.3, -0.25) is 4.79 Å². The van der Waals surface area contributed by atoms with E-state index in [0.29, 0.717) is 39.2 Å². The van der Waals surface area contributed by atoms with Crippen LogP contribution in [0.3, 0.4) is 0 Å². The highest BCUT2D eigenvalue weighted by Gasteiger charge is 2.32. The summed E-state index contributed by atoms with van der Waals surface area (Å²) in [4.78, 5) is 37.1. The molecule has 1 atom stereocenters. The second-order valence-electron chi connectivity index (χ2n) is 9.37. The molecular formula is C31H30Cl2N4O7. The molecule has 0 radical (unpaired) electrons. The number of nitrogens with zero attached hydrogens (tertiary/aromatic N) is 1. The van der Waals surface area contributed by atoms with Gasteiger partial charge in [0.25, 0.3) is 5.91 Å². The molecule has 0 aliphatic carbocycles. The molecule has 1 aliphatic rings. The van der Waals surface area contributed by atoms with E-state index >= 15 is 0 Å². The third-order valence-corrected chi connectivity index (χ3v) is 6.86. The molecule has 0 bridgehead atoms. The molecular weight excluding hydrogens is 611 g/mol. The number of hydrogen-bond donors (Lipinski definition) is 3. The van der Waals surface area contributed by atoms with E-state index in [-0.39, 0.29) is 30.3 Å². The Balaban J connectivity index is 1.36. The molecule has 3 aromatic carbocycles. The monoisotopic (exact) mass is 640 g/mol. The van der Waals surface area contributed by atoms with Crippen molar-refractivity contribution < 1.29 is 33.3 Å². The van der Waals surface area contributed by atoms with Crippen LogP contribution >= 0.6 is 23.2 Å². The van der Waals surface area contributed by atoms with Crippen molar-refractivity contribution in [1.29, 1.82) is 0 Å². The van der Waals surface area contributed by atoms with Crippen LogP contribution in [0.2, 0.25) is 10.0 Å². The van der Waals surface area contributed by atoms with Gasteiger partial charge in [0.1, 0.15) is 6.61 Å². The molecule has 1 heterocycles. The van der Waals surface area contributed by atoms with Gasteiger partial charge >= 0.3 is 12.0 Å². The van der Waals surface area contributed by atoms with Crippen LogP contribution in [0.15, 0.2) is 77.0 Å². The Kier molecular flexibility index (Phi) is 11.1. The zero-order valence-electron chi connectivity index (χ0n) is 24.1. The van der Waals surface area contributed by atoms with E-state index in [0.717, 1.165) is 5.56 Å². The molecule has 11 nitrogen and oxygen atoms in total. The summed E-state index contributed by atoms with van der Waals surface area (Å²) in [5.74, 6) is -0.209. The molecule has 0 spiro atoms. The minimum absolute atomic E-state index is 0.177. The van der Waals surface area contributed by atoms with Crippen molar-refractivity contribution >= 4 is 47.3 Å². The van der Waals surface area contributed by atoms with Gasteiger partial charge in [0.15, 0.2) is 23.9 Å². The SMILES string of the molecule is CCOC(=O)C1=C(C)NC(=O)N[C@@H]1c1ccc(OCC(=O)N/N=C\c2cc(Cl)c(OCc3ccccc3)c(Cl)c2)c(OC)c1. The minimum Gasteiger partial charge on any atom is -0.493 e. The maximum atomic E-state index is 12.6. The van der Waals surface area contributed by atoms with Crippen LogP contribution in [-0.2, 0) is 20.9 Å². The Morgan fingerprint density at radius 2 is 1.75 bits per heavy atom. The number of methoxy groups -OCH3 is 1. The van der Waals surface area contributed by atoms with Gasteiger partial charge in [0, 0.05) is 5.70 Å². The fourth-order valence-electron chi connectivity index (χ4n) is 4.28.